The topological polar surface area (TPSA) is 53.5 Å². The first kappa shape index (κ1) is 13.4. The molecule has 0 radical (unpaired) electrons. The maximum atomic E-state index is 5.87. The molecule has 0 aliphatic heterocycles. The normalized spacial score (nSPS) is 10.1. The van der Waals surface area contributed by atoms with E-state index >= 15 is 0 Å². The third kappa shape index (κ3) is 2.56. The van der Waals surface area contributed by atoms with Gasteiger partial charge in [-0.3, -0.25) is 0 Å². The van der Waals surface area contributed by atoms with Crippen molar-refractivity contribution in [3.05, 3.63) is 29.7 Å². The molecule has 0 saturated heterocycles. The molecule has 0 aliphatic carbocycles. The van der Waals surface area contributed by atoms with Gasteiger partial charge in [-0.25, -0.2) is 9.97 Å². The fraction of sp³-hybridized carbons (Fsp3) is 0.231. The highest BCUT2D eigenvalue weighted by Gasteiger charge is 2.17. The van der Waals surface area contributed by atoms with E-state index < -0.39 is 0 Å². The molecule has 0 unspecified atom stereocenters. The first-order valence-electron chi connectivity index (χ1n) is 5.48. The summed E-state index contributed by atoms with van der Waals surface area (Å²) in [6.45, 7) is 0. The van der Waals surface area contributed by atoms with Gasteiger partial charge < -0.3 is 14.2 Å². The van der Waals surface area contributed by atoms with Crippen LogP contribution in [0.5, 0.6) is 17.2 Å². The Kier molecular flexibility index (Phi) is 4.06. The molecule has 0 bridgehead atoms. The molecule has 100 valence electrons. The fourth-order valence-electron chi connectivity index (χ4n) is 1.78. The van der Waals surface area contributed by atoms with Crippen molar-refractivity contribution in [1.29, 1.82) is 0 Å². The predicted molar refractivity (Wildman–Crippen MR) is 72.1 cm³/mol. The highest BCUT2D eigenvalue weighted by atomic mass is 35.5. The second-order valence-electron chi connectivity index (χ2n) is 3.61. The maximum absolute atomic E-state index is 5.87. The third-order valence-electron chi connectivity index (χ3n) is 2.61. The van der Waals surface area contributed by atoms with Crippen LogP contribution in [0.1, 0.15) is 0 Å². The van der Waals surface area contributed by atoms with E-state index in [9.17, 15) is 0 Å². The van der Waals surface area contributed by atoms with Gasteiger partial charge >= 0.3 is 0 Å². The van der Waals surface area contributed by atoms with Crippen molar-refractivity contribution in [3.8, 4) is 28.5 Å². The molecule has 6 heteroatoms. The Balaban J connectivity index is 2.64. The number of hydrogen-bond acceptors (Lipinski definition) is 5. The highest BCUT2D eigenvalue weighted by molar-refractivity contribution is 6.29. The summed E-state index contributed by atoms with van der Waals surface area (Å²) in [7, 11) is 4.68. The Bertz CT molecular complexity index is 590. The van der Waals surface area contributed by atoms with Gasteiger partial charge in [0.1, 0.15) is 11.5 Å². The summed E-state index contributed by atoms with van der Waals surface area (Å²) in [6.07, 6.45) is 1.40. The van der Waals surface area contributed by atoms with Crippen LogP contribution < -0.4 is 14.2 Å². The lowest BCUT2D eigenvalue weighted by Gasteiger charge is -2.15. The van der Waals surface area contributed by atoms with Crippen molar-refractivity contribution in [2.24, 2.45) is 0 Å². The summed E-state index contributed by atoms with van der Waals surface area (Å²) in [6, 6.07) is 5.27. The molecule has 19 heavy (non-hydrogen) atoms. The van der Waals surface area contributed by atoms with Crippen LogP contribution in [-0.4, -0.2) is 31.3 Å². The molecule has 2 aromatic rings. The first-order chi connectivity index (χ1) is 9.21. The van der Waals surface area contributed by atoms with Crippen molar-refractivity contribution < 1.29 is 14.2 Å². The van der Waals surface area contributed by atoms with E-state index in [1.54, 1.807) is 33.5 Å². The molecule has 0 spiro atoms. The molecule has 2 rings (SSSR count). The average Bonchev–Trinajstić information content (AvgIpc) is 2.45. The van der Waals surface area contributed by atoms with Gasteiger partial charge in [-0.05, 0) is 12.1 Å². The molecule has 0 saturated carbocycles. The van der Waals surface area contributed by atoms with Crippen LogP contribution in [-0.2, 0) is 0 Å². The van der Waals surface area contributed by atoms with Crippen LogP contribution in [0.25, 0.3) is 11.3 Å². The molecule has 1 heterocycles. The Hall–Kier alpha value is -2.01. The minimum atomic E-state index is 0.363. The molecule has 0 atom stereocenters. The van der Waals surface area contributed by atoms with Gasteiger partial charge in [-0.1, -0.05) is 11.6 Å². The smallest absolute Gasteiger partial charge is 0.203 e. The van der Waals surface area contributed by atoms with E-state index in [2.05, 4.69) is 9.97 Å². The standard InChI is InChI=1S/C13H13ClN2O3/c1-17-10-5-4-8(12(18-2)13(10)19-3)9-6-11(14)16-7-15-9/h4-7H,1-3H3. The summed E-state index contributed by atoms with van der Waals surface area (Å²) in [5.41, 5.74) is 1.40. The van der Waals surface area contributed by atoms with Crippen molar-refractivity contribution in [3.63, 3.8) is 0 Å². The number of rotatable bonds is 4. The van der Waals surface area contributed by atoms with E-state index in [0.717, 1.165) is 5.56 Å². The van der Waals surface area contributed by atoms with Crippen LogP contribution in [0, 0.1) is 0 Å². The Morgan fingerprint density at radius 2 is 1.68 bits per heavy atom. The van der Waals surface area contributed by atoms with Crippen molar-refractivity contribution in [2.75, 3.05) is 21.3 Å². The lowest BCUT2D eigenvalue weighted by molar-refractivity contribution is 0.325. The molecule has 0 amide bonds. The number of hydrogen-bond donors (Lipinski definition) is 0. The Morgan fingerprint density at radius 3 is 2.26 bits per heavy atom. The van der Waals surface area contributed by atoms with E-state index in [4.69, 9.17) is 25.8 Å². The van der Waals surface area contributed by atoms with E-state index in [1.807, 2.05) is 6.07 Å². The zero-order valence-electron chi connectivity index (χ0n) is 10.8. The Labute approximate surface area is 116 Å². The lowest BCUT2D eigenvalue weighted by Crippen LogP contribution is -1.97. The summed E-state index contributed by atoms with van der Waals surface area (Å²) >= 11 is 5.87. The summed E-state index contributed by atoms with van der Waals surface area (Å²) < 4.78 is 15.9. The van der Waals surface area contributed by atoms with E-state index in [-0.39, 0.29) is 0 Å². The second kappa shape index (κ2) is 5.75. The molecule has 0 aliphatic rings. The van der Waals surface area contributed by atoms with E-state index in [1.165, 1.54) is 6.33 Å². The molecular formula is C13H13ClN2O3. The van der Waals surface area contributed by atoms with Gasteiger partial charge in [0.25, 0.3) is 0 Å². The summed E-state index contributed by atoms with van der Waals surface area (Å²) in [5.74, 6) is 1.64. The van der Waals surface area contributed by atoms with Gasteiger partial charge in [0.05, 0.1) is 27.0 Å². The number of nitrogens with zero attached hydrogens (tertiary/aromatic N) is 2. The van der Waals surface area contributed by atoms with Crippen LogP contribution in [0.2, 0.25) is 5.15 Å². The van der Waals surface area contributed by atoms with Crippen LogP contribution >= 0.6 is 11.6 Å². The Morgan fingerprint density at radius 1 is 0.947 bits per heavy atom. The minimum Gasteiger partial charge on any atom is -0.493 e. The number of ether oxygens (including phenoxy) is 3. The quantitative estimate of drug-likeness (QED) is 0.806. The largest absolute Gasteiger partial charge is 0.493 e. The lowest BCUT2D eigenvalue weighted by atomic mass is 10.1. The maximum Gasteiger partial charge on any atom is 0.203 e. The molecule has 5 nitrogen and oxygen atoms in total. The van der Waals surface area contributed by atoms with Crippen molar-refractivity contribution >= 4 is 11.6 Å². The monoisotopic (exact) mass is 280 g/mol. The van der Waals surface area contributed by atoms with Crippen molar-refractivity contribution in [2.45, 2.75) is 0 Å². The number of benzene rings is 1. The van der Waals surface area contributed by atoms with Crippen molar-refractivity contribution in [1.82, 2.24) is 9.97 Å². The van der Waals surface area contributed by atoms with Gasteiger partial charge in [0, 0.05) is 11.6 Å². The first-order valence-corrected chi connectivity index (χ1v) is 5.86. The van der Waals surface area contributed by atoms with Gasteiger partial charge in [0.15, 0.2) is 11.5 Å². The SMILES string of the molecule is COc1ccc(-c2cc(Cl)ncn2)c(OC)c1OC. The van der Waals surface area contributed by atoms with E-state index in [0.29, 0.717) is 28.1 Å². The number of aromatic nitrogens is 2. The summed E-state index contributed by atoms with van der Waals surface area (Å²) in [5, 5.41) is 0.363. The molecule has 0 fully saturated rings. The van der Waals surface area contributed by atoms with Gasteiger partial charge in [-0.15, -0.1) is 0 Å². The second-order valence-corrected chi connectivity index (χ2v) is 4.00. The number of methoxy groups -OCH3 is 3. The molecule has 0 N–H and O–H groups in total. The summed E-state index contributed by atoms with van der Waals surface area (Å²) in [4.78, 5) is 8.03. The zero-order chi connectivity index (χ0) is 13.8. The fourth-order valence-corrected chi connectivity index (χ4v) is 1.93. The molecule has 1 aromatic carbocycles. The molecular weight excluding hydrogens is 268 g/mol. The average molecular weight is 281 g/mol. The van der Waals surface area contributed by atoms with Gasteiger partial charge in [0.2, 0.25) is 5.75 Å². The highest BCUT2D eigenvalue weighted by Crippen LogP contribution is 2.43. The number of halogens is 1. The predicted octanol–water partition coefficient (Wildman–Crippen LogP) is 2.82. The molecule has 1 aromatic heterocycles. The zero-order valence-corrected chi connectivity index (χ0v) is 11.6. The third-order valence-corrected chi connectivity index (χ3v) is 2.82. The van der Waals surface area contributed by atoms with Crippen LogP contribution in [0.3, 0.4) is 0 Å². The van der Waals surface area contributed by atoms with Gasteiger partial charge in [-0.2, -0.15) is 0 Å². The van der Waals surface area contributed by atoms with Crippen LogP contribution in [0.4, 0.5) is 0 Å². The van der Waals surface area contributed by atoms with Crippen LogP contribution in [0.15, 0.2) is 24.5 Å². The minimum absolute atomic E-state index is 0.363.